The summed E-state index contributed by atoms with van der Waals surface area (Å²) in [6.07, 6.45) is 3.13. The minimum Gasteiger partial charge on any atom is -0.354 e. The molecule has 0 saturated heterocycles. The van der Waals surface area contributed by atoms with Gasteiger partial charge in [0, 0.05) is 17.4 Å². The van der Waals surface area contributed by atoms with Crippen LogP contribution in [0.5, 0.6) is 0 Å². The Bertz CT molecular complexity index is 958. The number of hydrogen-bond donors (Lipinski definition) is 3. The second-order valence-corrected chi connectivity index (χ2v) is 8.37. The number of para-hydroxylation sites is 2. The Balaban J connectivity index is 1.58. The number of benzene rings is 2. The number of amides is 2. The van der Waals surface area contributed by atoms with Crippen molar-refractivity contribution in [2.24, 2.45) is 0 Å². The summed E-state index contributed by atoms with van der Waals surface area (Å²) >= 11 is 5.02. The minimum atomic E-state index is -0.585. The molecule has 2 aromatic carbocycles. The van der Waals surface area contributed by atoms with Crippen LogP contribution in [-0.4, -0.2) is 46.4 Å². The average molecular weight is 475 g/mol. The average Bonchev–Trinajstić information content (AvgIpc) is 3.14. The molecule has 6 nitrogen and oxygen atoms in total. The molecule has 0 aliphatic carbocycles. The van der Waals surface area contributed by atoms with Gasteiger partial charge in [-0.05, 0) is 58.6 Å². The smallest absolute Gasteiger partial charge is 0.253 e. The number of H-pyrrole nitrogens is 1. The summed E-state index contributed by atoms with van der Waals surface area (Å²) in [5, 5.41) is 5.78. The summed E-state index contributed by atoms with van der Waals surface area (Å²) in [6.45, 7) is 0.444. The number of aromatic nitrogens is 2. The van der Waals surface area contributed by atoms with E-state index < -0.39 is 6.04 Å². The highest BCUT2D eigenvalue weighted by atomic mass is 79.9. The lowest BCUT2D eigenvalue weighted by Gasteiger charge is -2.18. The van der Waals surface area contributed by atoms with Crippen molar-refractivity contribution in [2.45, 2.75) is 18.9 Å². The highest BCUT2D eigenvalue weighted by Gasteiger charge is 2.21. The second-order valence-electron chi connectivity index (χ2n) is 6.53. The van der Waals surface area contributed by atoms with E-state index in [9.17, 15) is 9.59 Å². The van der Waals surface area contributed by atoms with Crippen molar-refractivity contribution in [1.29, 1.82) is 0 Å². The first-order valence-electron chi connectivity index (χ1n) is 9.34. The maximum Gasteiger partial charge on any atom is 0.253 e. The van der Waals surface area contributed by atoms with Crippen LogP contribution in [0.25, 0.3) is 11.0 Å². The lowest BCUT2D eigenvalue weighted by molar-refractivity contribution is -0.122. The van der Waals surface area contributed by atoms with Crippen molar-refractivity contribution in [2.75, 3.05) is 18.6 Å². The number of nitrogens with zero attached hydrogens (tertiary/aromatic N) is 1. The van der Waals surface area contributed by atoms with Gasteiger partial charge in [0.15, 0.2) is 0 Å². The third kappa shape index (κ3) is 5.83. The predicted molar refractivity (Wildman–Crippen MR) is 121 cm³/mol. The number of hydrogen-bond acceptors (Lipinski definition) is 4. The van der Waals surface area contributed by atoms with Crippen LogP contribution in [0, 0.1) is 0 Å². The number of fused-ring (bicyclic) bond motifs is 1. The fourth-order valence-corrected chi connectivity index (χ4v) is 3.87. The van der Waals surface area contributed by atoms with Crippen molar-refractivity contribution in [3.63, 3.8) is 0 Å². The summed E-state index contributed by atoms with van der Waals surface area (Å²) in [5.41, 5.74) is 2.40. The first kappa shape index (κ1) is 21.4. The number of imidazole rings is 1. The van der Waals surface area contributed by atoms with Crippen molar-refractivity contribution in [3.05, 3.63) is 64.4 Å². The molecule has 0 saturated carbocycles. The van der Waals surface area contributed by atoms with Crippen LogP contribution >= 0.6 is 27.7 Å². The third-order valence-electron chi connectivity index (χ3n) is 4.45. The second kappa shape index (κ2) is 10.5. The van der Waals surface area contributed by atoms with Gasteiger partial charge in [-0.25, -0.2) is 4.98 Å². The van der Waals surface area contributed by atoms with Gasteiger partial charge in [0.05, 0.1) is 16.6 Å². The summed E-state index contributed by atoms with van der Waals surface area (Å²) in [7, 11) is 0. The monoisotopic (exact) mass is 474 g/mol. The highest BCUT2D eigenvalue weighted by molar-refractivity contribution is 9.10. The van der Waals surface area contributed by atoms with Crippen LogP contribution in [0.2, 0.25) is 0 Å². The molecule has 0 aliphatic heterocycles. The van der Waals surface area contributed by atoms with Crippen LogP contribution in [0.3, 0.4) is 0 Å². The van der Waals surface area contributed by atoms with E-state index in [-0.39, 0.29) is 11.8 Å². The number of thioether (sulfide) groups is 1. The number of aromatic amines is 1. The maximum atomic E-state index is 12.7. The molecular weight excluding hydrogens is 452 g/mol. The zero-order valence-corrected chi connectivity index (χ0v) is 18.5. The van der Waals surface area contributed by atoms with E-state index >= 15 is 0 Å². The molecule has 0 bridgehead atoms. The van der Waals surface area contributed by atoms with Crippen molar-refractivity contribution < 1.29 is 9.59 Å². The molecule has 152 valence electrons. The molecule has 2 amide bonds. The number of carbonyl (C=O) groups excluding carboxylic acids is 2. The molecule has 3 aromatic rings. The van der Waals surface area contributed by atoms with Gasteiger partial charge in [-0.2, -0.15) is 11.8 Å². The predicted octanol–water partition coefficient (Wildman–Crippen LogP) is 3.54. The van der Waals surface area contributed by atoms with Gasteiger partial charge in [0.2, 0.25) is 5.91 Å². The number of carbonyl (C=O) groups is 2. The van der Waals surface area contributed by atoms with Gasteiger partial charge < -0.3 is 15.6 Å². The van der Waals surface area contributed by atoms with E-state index in [1.165, 1.54) is 0 Å². The Morgan fingerprint density at radius 2 is 1.93 bits per heavy atom. The first-order valence-corrected chi connectivity index (χ1v) is 11.5. The summed E-state index contributed by atoms with van der Waals surface area (Å²) in [5.74, 6) is 1.15. The van der Waals surface area contributed by atoms with E-state index in [4.69, 9.17) is 0 Å². The van der Waals surface area contributed by atoms with E-state index in [2.05, 4.69) is 36.5 Å². The van der Waals surface area contributed by atoms with Crippen molar-refractivity contribution >= 4 is 50.5 Å². The lowest BCUT2D eigenvalue weighted by Crippen LogP contribution is -2.47. The van der Waals surface area contributed by atoms with Gasteiger partial charge in [0.1, 0.15) is 11.9 Å². The van der Waals surface area contributed by atoms with Gasteiger partial charge in [-0.3, -0.25) is 9.59 Å². The molecule has 3 N–H and O–H groups in total. The zero-order chi connectivity index (χ0) is 20.6. The Morgan fingerprint density at radius 3 is 2.69 bits per heavy atom. The fraction of sp³-hybridized carbons (Fsp3) is 0.286. The minimum absolute atomic E-state index is 0.185. The molecule has 1 aromatic heterocycles. The Morgan fingerprint density at radius 1 is 1.17 bits per heavy atom. The lowest BCUT2D eigenvalue weighted by atomic mass is 10.1. The molecule has 0 radical (unpaired) electrons. The maximum absolute atomic E-state index is 12.7. The summed E-state index contributed by atoms with van der Waals surface area (Å²) in [6, 6.07) is 14.4. The molecule has 1 heterocycles. The molecule has 29 heavy (non-hydrogen) atoms. The van der Waals surface area contributed by atoms with E-state index in [0.29, 0.717) is 29.4 Å². The van der Waals surface area contributed by atoms with Crippen molar-refractivity contribution in [3.8, 4) is 0 Å². The standard InChI is InChI=1S/C21H23BrN4O2S/c1-29-13-11-18(26-20(27)14-6-2-3-7-15(14)22)21(28)23-12-10-19-24-16-8-4-5-9-17(16)25-19/h2-9,18H,10-13H2,1H3,(H,23,28)(H,24,25)(H,26,27). The number of halogens is 1. The Kier molecular flexibility index (Phi) is 7.71. The normalized spacial score (nSPS) is 11.9. The highest BCUT2D eigenvalue weighted by Crippen LogP contribution is 2.16. The molecular formula is C21H23BrN4O2S. The largest absolute Gasteiger partial charge is 0.354 e. The molecule has 1 unspecified atom stereocenters. The third-order valence-corrected chi connectivity index (χ3v) is 5.79. The van der Waals surface area contributed by atoms with Crippen LogP contribution < -0.4 is 10.6 Å². The Hall–Kier alpha value is -2.32. The number of nitrogens with one attached hydrogen (secondary N) is 3. The summed E-state index contributed by atoms with van der Waals surface area (Å²) in [4.78, 5) is 33.0. The van der Waals surface area contributed by atoms with Crippen LogP contribution in [0.1, 0.15) is 22.6 Å². The van der Waals surface area contributed by atoms with Crippen LogP contribution in [0.15, 0.2) is 53.0 Å². The quantitative estimate of drug-likeness (QED) is 0.442. The molecule has 0 fully saturated rings. The van der Waals surface area contributed by atoms with Gasteiger partial charge in [0.25, 0.3) is 5.91 Å². The molecule has 0 aliphatic rings. The summed E-state index contributed by atoms with van der Waals surface area (Å²) < 4.78 is 0.700. The van der Waals surface area contributed by atoms with E-state index in [0.717, 1.165) is 22.6 Å². The zero-order valence-electron chi connectivity index (χ0n) is 16.1. The van der Waals surface area contributed by atoms with Crippen molar-refractivity contribution in [1.82, 2.24) is 20.6 Å². The molecule has 1 atom stereocenters. The Labute approximate surface area is 182 Å². The van der Waals surface area contributed by atoms with Gasteiger partial charge >= 0.3 is 0 Å². The topological polar surface area (TPSA) is 86.9 Å². The SMILES string of the molecule is CSCCC(NC(=O)c1ccccc1Br)C(=O)NCCc1nc2ccccc2[nH]1. The first-order chi connectivity index (χ1) is 14.1. The number of rotatable bonds is 9. The fourth-order valence-electron chi connectivity index (χ4n) is 2.94. The van der Waals surface area contributed by atoms with Crippen LogP contribution in [-0.2, 0) is 11.2 Å². The molecule has 3 rings (SSSR count). The van der Waals surface area contributed by atoms with Gasteiger partial charge in [-0.1, -0.05) is 24.3 Å². The molecule has 0 spiro atoms. The van der Waals surface area contributed by atoms with Gasteiger partial charge in [-0.15, -0.1) is 0 Å². The van der Waals surface area contributed by atoms with E-state index in [1.807, 2.05) is 36.6 Å². The van der Waals surface area contributed by atoms with E-state index in [1.54, 1.807) is 30.0 Å². The van der Waals surface area contributed by atoms with Crippen LogP contribution in [0.4, 0.5) is 0 Å². The molecule has 8 heteroatoms.